The van der Waals surface area contributed by atoms with E-state index in [4.69, 9.17) is 11.6 Å². The van der Waals surface area contributed by atoms with E-state index in [0.717, 1.165) is 0 Å². The summed E-state index contributed by atoms with van der Waals surface area (Å²) in [4.78, 5) is 11.8. The van der Waals surface area contributed by atoms with Gasteiger partial charge in [0.2, 0.25) is 10.0 Å². The van der Waals surface area contributed by atoms with Crippen molar-refractivity contribution in [2.24, 2.45) is 5.14 Å². The molecule has 102 valence electrons. The lowest BCUT2D eigenvalue weighted by Gasteiger charge is -2.08. The molecule has 0 aliphatic rings. The monoisotopic (exact) mass is 280 g/mol. The largest absolute Gasteiger partial charge is 0.352 e. The minimum Gasteiger partial charge on any atom is -0.352 e. The Morgan fingerprint density at radius 2 is 2.16 bits per heavy atom. The van der Waals surface area contributed by atoms with Crippen molar-refractivity contribution in [3.63, 3.8) is 0 Å². The molecule has 3 N–H and O–H groups in total. The highest BCUT2D eigenvalue weighted by atomic mass is 32.2. The van der Waals surface area contributed by atoms with Crippen molar-refractivity contribution >= 4 is 15.9 Å². The first kappa shape index (κ1) is 15.2. The van der Waals surface area contributed by atoms with E-state index in [2.05, 4.69) is 11.2 Å². The molecule has 0 atom stereocenters. The molecular formula is C13H16N2O3S. The number of amides is 1. The highest BCUT2D eigenvalue weighted by molar-refractivity contribution is 7.89. The first-order valence-corrected chi connectivity index (χ1v) is 7.26. The van der Waals surface area contributed by atoms with Crippen LogP contribution in [0, 0.1) is 19.3 Å². The van der Waals surface area contributed by atoms with E-state index in [0.29, 0.717) is 30.5 Å². The predicted molar refractivity (Wildman–Crippen MR) is 73.0 cm³/mol. The number of terminal acetylenes is 1. The molecule has 19 heavy (non-hydrogen) atoms. The van der Waals surface area contributed by atoms with E-state index in [1.54, 1.807) is 6.92 Å². The van der Waals surface area contributed by atoms with Crippen LogP contribution in [-0.4, -0.2) is 20.9 Å². The third kappa shape index (κ3) is 4.39. The van der Waals surface area contributed by atoms with E-state index >= 15 is 0 Å². The maximum absolute atomic E-state index is 11.8. The summed E-state index contributed by atoms with van der Waals surface area (Å²) in [6.07, 6.45) is 6.41. The summed E-state index contributed by atoms with van der Waals surface area (Å²) < 4.78 is 22.3. The molecule has 0 aliphatic heterocycles. The molecule has 0 heterocycles. The lowest BCUT2D eigenvalue weighted by atomic mass is 10.1. The zero-order valence-corrected chi connectivity index (χ0v) is 11.5. The number of carbonyl (C=O) groups excluding carboxylic acids is 1. The molecule has 0 radical (unpaired) electrons. The Morgan fingerprint density at radius 1 is 1.47 bits per heavy atom. The van der Waals surface area contributed by atoms with E-state index in [1.807, 2.05) is 0 Å². The van der Waals surface area contributed by atoms with Gasteiger partial charge < -0.3 is 5.32 Å². The van der Waals surface area contributed by atoms with Gasteiger partial charge >= 0.3 is 0 Å². The third-order valence-electron chi connectivity index (χ3n) is 2.55. The second-order valence-electron chi connectivity index (χ2n) is 4.09. The van der Waals surface area contributed by atoms with Gasteiger partial charge in [0.05, 0.1) is 4.90 Å². The Bertz CT molecular complexity index is 615. The summed E-state index contributed by atoms with van der Waals surface area (Å²) in [5, 5.41) is 7.74. The Balaban J connectivity index is 2.80. The number of benzene rings is 1. The Labute approximate surface area is 113 Å². The van der Waals surface area contributed by atoms with Crippen LogP contribution in [0.2, 0.25) is 0 Å². The fourth-order valence-electron chi connectivity index (χ4n) is 1.56. The SMILES string of the molecule is C#CCCCNC(=O)c1ccc(S(N)(=O)=O)cc1C. The average molecular weight is 280 g/mol. The van der Waals surface area contributed by atoms with Crippen LogP contribution in [0.3, 0.4) is 0 Å². The third-order valence-corrected chi connectivity index (χ3v) is 3.47. The van der Waals surface area contributed by atoms with Crippen molar-refractivity contribution in [2.75, 3.05) is 6.54 Å². The fourth-order valence-corrected chi connectivity index (χ4v) is 2.15. The number of unbranched alkanes of at least 4 members (excludes halogenated alkanes) is 1. The van der Waals surface area contributed by atoms with Crippen LogP contribution in [-0.2, 0) is 10.0 Å². The molecule has 1 aromatic rings. The quantitative estimate of drug-likeness (QED) is 0.617. The van der Waals surface area contributed by atoms with E-state index in [-0.39, 0.29) is 10.8 Å². The predicted octanol–water partition coefficient (Wildman–Crippen LogP) is 0.786. The molecule has 1 rings (SSSR count). The van der Waals surface area contributed by atoms with Gasteiger partial charge in [-0.1, -0.05) is 0 Å². The van der Waals surface area contributed by atoms with Gasteiger partial charge in [-0.05, 0) is 37.1 Å². The summed E-state index contributed by atoms with van der Waals surface area (Å²) in [6, 6.07) is 4.15. The summed E-state index contributed by atoms with van der Waals surface area (Å²) in [5.41, 5.74) is 0.981. The minimum atomic E-state index is -3.75. The van der Waals surface area contributed by atoms with Gasteiger partial charge in [-0.15, -0.1) is 12.3 Å². The van der Waals surface area contributed by atoms with Gasteiger partial charge in [0.25, 0.3) is 5.91 Å². The lowest BCUT2D eigenvalue weighted by Crippen LogP contribution is -2.25. The van der Waals surface area contributed by atoms with Crippen LogP contribution in [0.25, 0.3) is 0 Å². The van der Waals surface area contributed by atoms with Crippen molar-refractivity contribution in [1.29, 1.82) is 0 Å². The number of rotatable bonds is 5. The number of hydrogen-bond donors (Lipinski definition) is 2. The van der Waals surface area contributed by atoms with Crippen molar-refractivity contribution in [3.05, 3.63) is 29.3 Å². The summed E-state index contributed by atoms with van der Waals surface area (Å²) in [7, 11) is -3.75. The number of sulfonamides is 1. The highest BCUT2D eigenvalue weighted by Crippen LogP contribution is 2.14. The van der Waals surface area contributed by atoms with E-state index in [1.165, 1.54) is 18.2 Å². The maximum Gasteiger partial charge on any atom is 0.251 e. The molecule has 0 saturated carbocycles. The van der Waals surface area contributed by atoms with Crippen LogP contribution in [0.4, 0.5) is 0 Å². The molecule has 0 aromatic heterocycles. The first-order chi connectivity index (χ1) is 8.86. The number of aryl methyl sites for hydroxylation is 1. The van der Waals surface area contributed by atoms with Gasteiger partial charge in [-0.3, -0.25) is 4.79 Å². The summed E-state index contributed by atoms with van der Waals surface area (Å²) in [6.45, 7) is 2.14. The van der Waals surface area contributed by atoms with Crippen molar-refractivity contribution in [3.8, 4) is 12.3 Å². The molecule has 1 amide bonds. The Kier molecular flexibility index (Phi) is 5.10. The van der Waals surface area contributed by atoms with Crippen LogP contribution in [0.1, 0.15) is 28.8 Å². The summed E-state index contributed by atoms with van der Waals surface area (Å²) in [5.74, 6) is 2.23. The minimum absolute atomic E-state index is 0.00567. The van der Waals surface area contributed by atoms with Gasteiger partial charge in [-0.25, -0.2) is 13.6 Å². The average Bonchev–Trinajstić information content (AvgIpc) is 2.33. The smallest absolute Gasteiger partial charge is 0.251 e. The topological polar surface area (TPSA) is 89.3 Å². The number of carbonyl (C=O) groups is 1. The van der Waals surface area contributed by atoms with E-state index < -0.39 is 10.0 Å². The number of nitrogens with two attached hydrogens (primary N) is 1. The van der Waals surface area contributed by atoms with Crippen molar-refractivity contribution in [1.82, 2.24) is 5.32 Å². The lowest BCUT2D eigenvalue weighted by molar-refractivity contribution is 0.0952. The number of primary sulfonamides is 1. The number of hydrogen-bond acceptors (Lipinski definition) is 3. The normalized spacial score (nSPS) is 10.8. The van der Waals surface area contributed by atoms with Crippen molar-refractivity contribution < 1.29 is 13.2 Å². The Morgan fingerprint density at radius 3 is 2.68 bits per heavy atom. The fraction of sp³-hybridized carbons (Fsp3) is 0.308. The molecule has 0 unspecified atom stereocenters. The molecule has 1 aromatic carbocycles. The molecule has 0 spiro atoms. The van der Waals surface area contributed by atoms with Crippen LogP contribution >= 0.6 is 0 Å². The van der Waals surface area contributed by atoms with E-state index in [9.17, 15) is 13.2 Å². The molecule has 5 nitrogen and oxygen atoms in total. The standard InChI is InChI=1S/C13H16N2O3S/c1-3-4-5-8-15-13(16)12-7-6-11(9-10(12)2)19(14,17)18/h1,6-7,9H,4-5,8H2,2H3,(H,15,16)(H2,14,17,18). The van der Waals surface area contributed by atoms with Crippen molar-refractivity contribution in [2.45, 2.75) is 24.7 Å². The van der Waals surface area contributed by atoms with Gasteiger partial charge in [0, 0.05) is 18.5 Å². The van der Waals surface area contributed by atoms with Crippen LogP contribution < -0.4 is 10.5 Å². The van der Waals surface area contributed by atoms with Gasteiger partial charge in [0.15, 0.2) is 0 Å². The zero-order valence-electron chi connectivity index (χ0n) is 10.6. The molecular weight excluding hydrogens is 264 g/mol. The Hall–Kier alpha value is -1.84. The molecule has 6 heteroatoms. The van der Waals surface area contributed by atoms with Gasteiger partial charge in [-0.2, -0.15) is 0 Å². The second-order valence-corrected chi connectivity index (χ2v) is 5.65. The highest BCUT2D eigenvalue weighted by Gasteiger charge is 2.13. The maximum atomic E-state index is 11.8. The number of nitrogens with one attached hydrogen (secondary N) is 1. The first-order valence-electron chi connectivity index (χ1n) is 5.71. The molecule has 0 fully saturated rings. The second kappa shape index (κ2) is 6.36. The molecule has 0 aliphatic carbocycles. The molecule has 0 bridgehead atoms. The van der Waals surface area contributed by atoms with Crippen LogP contribution in [0.15, 0.2) is 23.1 Å². The molecule has 0 saturated heterocycles. The van der Waals surface area contributed by atoms with Gasteiger partial charge in [0.1, 0.15) is 0 Å². The van der Waals surface area contributed by atoms with Crippen LogP contribution in [0.5, 0.6) is 0 Å². The zero-order chi connectivity index (χ0) is 14.5. The summed E-state index contributed by atoms with van der Waals surface area (Å²) >= 11 is 0.